The molecular formula is C27H35N3O2Si. The molecule has 0 saturated carbocycles. The highest BCUT2D eigenvalue weighted by Gasteiger charge is 2.45. The van der Waals surface area contributed by atoms with Crippen LogP contribution in [0.3, 0.4) is 0 Å². The molecule has 6 heteroatoms. The minimum absolute atomic E-state index is 0.224. The molecule has 0 bridgehead atoms. The molecule has 3 aliphatic rings. The average molecular weight is 462 g/mol. The van der Waals surface area contributed by atoms with Gasteiger partial charge in [-0.3, -0.25) is 9.79 Å². The quantitative estimate of drug-likeness (QED) is 0.670. The zero-order valence-electron chi connectivity index (χ0n) is 19.9. The summed E-state index contributed by atoms with van der Waals surface area (Å²) in [5, 5.41) is 18.1. The Hall–Kier alpha value is -2.47. The van der Waals surface area contributed by atoms with Crippen molar-refractivity contribution in [1.29, 1.82) is 0 Å². The number of hydrogen-bond acceptors (Lipinski definition) is 4. The van der Waals surface area contributed by atoms with E-state index in [1.54, 1.807) is 0 Å². The van der Waals surface area contributed by atoms with E-state index in [9.17, 15) is 9.90 Å². The Labute approximate surface area is 197 Å². The lowest BCUT2D eigenvalue weighted by Crippen LogP contribution is -2.67. The van der Waals surface area contributed by atoms with Crippen LogP contribution in [0.4, 0.5) is 11.4 Å². The van der Waals surface area contributed by atoms with Crippen molar-refractivity contribution in [3.63, 3.8) is 0 Å². The number of nitrogens with one attached hydrogen (secondary N) is 1. The van der Waals surface area contributed by atoms with Crippen molar-refractivity contribution in [3.8, 4) is 0 Å². The number of hydrogen-bond donors (Lipinski definition) is 2. The fraction of sp³-hybridized carbons (Fsp3) is 0.519. The largest absolute Gasteiger partial charge is 0.481 e. The summed E-state index contributed by atoms with van der Waals surface area (Å²) < 4.78 is 0. The van der Waals surface area contributed by atoms with E-state index in [1.807, 2.05) is 0 Å². The zero-order valence-corrected chi connectivity index (χ0v) is 20.9. The fourth-order valence-corrected chi connectivity index (χ4v) is 11.5. The summed E-state index contributed by atoms with van der Waals surface area (Å²) in [6.45, 7) is 6.59. The lowest BCUT2D eigenvalue weighted by atomic mass is 10.1. The first-order valence-electron chi connectivity index (χ1n) is 12.7. The van der Waals surface area contributed by atoms with E-state index in [1.165, 1.54) is 46.5 Å². The Kier molecular flexibility index (Phi) is 6.12. The molecule has 0 aromatic heterocycles. The van der Waals surface area contributed by atoms with E-state index in [0.717, 1.165) is 54.8 Å². The molecule has 1 unspecified atom stereocenters. The van der Waals surface area contributed by atoms with Gasteiger partial charge in [0.15, 0.2) is 0 Å². The van der Waals surface area contributed by atoms with Gasteiger partial charge in [0.2, 0.25) is 0 Å². The van der Waals surface area contributed by atoms with Gasteiger partial charge in [-0.2, -0.15) is 0 Å². The van der Waals surface area contributed by atoms with E-state index in [0.29, 0.717) is 12.0 Å². The second-order valence-corrected chi connectivity index (χ2v) is 14.9. The van der Waals surface area contributed by atoms with Crippen molar-refractivity contribution < 1.29 is 9.90 Å². The Morgan fingerprint density at radius 3 is 2.67 bits per heavy atom. The van der Waals surface area contributed by atoms with Crippen LogP contribution >= 0.6 is 0 Å². The SMILES string of the molecule is CC(C)[Si]1(CCCC(=O)O)c2cc3c(cc2N=c2cc4c(cc21)=NCCCC4)CCCCN3. The summed E-state index contributed by atoms with van der Waals surface area (Å²) in [5.74, 6) is -0.704. The first kappa shape index (κ1) is 22.3. The Morgan fingerprint density at radius 1 is 1.03 bits per heavy atom. The first-order chi connectivity index (χ1) is 16.0. The Balaban J connectivity index is 1.77. The van der Waals surface area contributed by atoms with E-state index in [2.05, 4.69) is 43.4 Å². The van der Waals surface area contributed by atoms with Gasteiger partial charge in [-0.25, -0.2) is 4.99 Å². The molecule has 174 valence electrons. The first-order valence-corrected chi connectivity index (χ1v) is 15.0. The highest BCUT2D eigenvalue weighted by atomic mass is 28.3. The number of benzene rings is 2. The minimum atomic E-state index is -2.28. The minimum Gasteiger partial charge on any atom is -0.481 e. The van der Waals surface area contributed by atoms with Crippen LogP contribution in [0.2, 0.25) is 11.6 Å². The molecule has 0 fully saturated rings. The lowest BCUT2D eigenvalue weighted by molar-refractivity contribution is -0.137. The van der Waals surface area contributed by atoms with Crippen LogP contribution in [-0.4, -0.2) is 32.2 Å². The molecule has 3 aliphatic heterocycles. The van der Waals surface area contributed by atoms with Crippen LogP contribution in [0.15, 0.2) is 34.3 Å². The Morgan fingerprint density at radius 2 is 1.85 bits per heavy atom. The summed E-state index contributed by atoms with van der Waals surface area (Å²) >= 11 is 0. The lowest BCUT2D eigenvalue weighted by Gasteiger charge is -2.40. The molecule has 33 heavy (non-hydrogen) atoms. The molecule has 2 N–H and O–H groups in total. The van der Waals surface area contributed by atoms with Crippen molar-refractivity contribution in [1.82, 2.24) is 0 Å². The van der Waals surface area contributed by atoms with E-state index in [4.69, 9.17) is 9.98 Å². The number of aliphatic carboxylic acids is 1. The van der Waals surface area contributed by atoms with E-state index < -0.39 is 14.0 Å². The standard InChI is InChI=1S/C27H35N3O2Si/c1-18(2)33(13-7-10-27(31)32)25-16-21-19(8-3-5-11-28-21)14-23(25)30-24-15-20-9-4-6-12-29-22(20)17-26(24)33/h14-18,28H,3-13H2,1-2H3,(H,31,32). The van der Waals surface area contributed by atoms with Gasteiger partial charge in [0.1, 0.15) is 8.07 Å². The van der Waals surface area contributed by atoms with Gasteiger partial charge in [0, 0.05) is 25.2 Å². The summed E-state index contributed by atoms with van der Waals surface area (Å²) in [4.78, 5) is 21.6. The number of aryl methyl sites for hydroxylation is 2. The third-order valence-electron chi connectivity index (χ3n) is 7.89. The number of rotatable bonds is 5. The van der Waals surface area contributed by atoms with Crippen molar-refractivity contribution in [2.75, 3.05) is 18.4 Å². The van der Waals surface area contributed by atoms with Gasteiger partial charge >= 0.3 is 5.97 Å². The molecule has 1 atom stereocenters. The van der Waals surface area contributed by atoms with Crippen molar-refractivity contribution in [2.24, 2.45) is 9.98 Å². The smallest absolute Gasteiger partial charge is 0.303 e. The van der Waals surface area contributed by atoms with Gasteiger partial charge in [-0.1, -0.05) is 13.8 Å². The molecule has 0 amide bonds. The molecule has 0 radical (unpaired) electrons. The number of fused-ring (bicyclic) bond motifs is 4. The highest BCUT2D eigenvalue weighted by molar-refractivity contribution is 7.04. The maximum atomic E-state index is 11.4. The number of nitrogens with zero attached hydrogens (tertiary/aromatic N) is 2. The Bertz CT molecular complexity index is 1210. The molecule has 5 nitrogen and oxygen atoms in total. The van der Waals surface area contributed by atoms with Crippen molar-refractivity contribution in [3.05, 3.63) is 46.1 Å². The summed E-state index contributed by atoms with van der Waals surface area (Å²) in [5.41, 5.74) is 5.53. The summed E-state index contributed by atoms with van der Waals surface area (Å²) in [6, 6.07) is 10.3. The van der Waals surface area contributed by atoms with Gasteiger partial charge in [-0.05, 0) is 102 Å². The van der Waals surface area contributed by atoms with Crippen LogP contribution in [0.5, 0.6) is 0 Å². The van der Waals surface area contributed by atoms with Crippen LogP contribution in [0, 0.1) is 0 Å². The van der Waals surface area contributed by atoms with Crippen LogP contribution < -0.4 is 26.4 Å². The third kappa shape index (κ3) is 4.03. The molecule has 0 aliphatic carbocycles. The van der Waals surface area contributed by atoms with Gasteiger partial charge < -0.3 is 10.4 Å². The fourth-order valence-electron chi connectivity index (χ4n) is 6.13. The van der Waals surface area contributed by atoms with Crippen LogP contribution in [0.1, 0.15) is 63.5 Å². The van der Waals surface area contributed by atoms with Gasteiger partial charge in [0.25, 0.3) is 0 Å². The topological polar surface area (TPSA) is 74.0 Å². The van der Waals surface area contributed by atoms with Gasteiger partial charge in [0.05, 0.1) is 16.4 Å². The van der Waals surface area contributed by atoms with Crippen LogP contribution in [-0.2, 0) is 17.6 Å². The normalized spacial score (nSPS) is 21.2. The second kappa shape index (κ2) is 9.05. The number of carbonyl (C=O) groups is 1. The molecule has 0 spiro atoms. The molecule has 2 aromatic carbocycles. The average Bonchev–Trinajstić information content (AvgIpc) is 3.15. The summed E-state index contributed by atoms with van der Waals surface area (Å²) in [7, 11) is -2.28. The van der Waals surface area contributed by atoms with E-state index in [-0.39, 0.29) is 6.42 Å². The molecule has 3 heterocycles. The molecule has 0 saturated heterocycles. The zero-order chi connectivity index (χ0) is 23.0. The molecule has 2 aromatic rings. The maximum Gasteiger partial charge on any atom is 0.303 e. The third-order valence-corrected chi connectivity index (χ3v) is 13.7. The second-order valence-electron chi connectivity index (χ2n) is 10.2. The summed E-state index contributed by atoms with van der Waals surface area (Å²) in [6.07, 6.45) is 7.80. The molecular weight excluding hydrogens is 426 g/mol. The number of carboxylic acids is 1. The number of carboxylic acid groups (broad SMARTS) is 1. The number of anilines is 1. The van der Waals surface area contributed by atoms with Crippen molar-refractivity contribution in [2.45, 2.75) is 76.8 Å². The van der Waals surface area contributed by atoms with Gasteiger partial charge in [-0.15, -0.1) is 0 Å². The monoisotopic (exact) mass is 461 g/mol. The maximum absolute atomic E-state index is 11.4. The highest BCUT2D eigenvalue weighted by Crippen LogP contribution is 2.35. The predicted octanol–water partition coefficient (Wildman–Crippen LogP) is 3.49. The van der Waals surface area contributed by atoms with E-state index >= 15 is 0 Å². The molecule has 5 rings (SSSR count). The van der Waals surface area contributed by atoms with Crippen molar-refractivity contribution >= 4 is 35.8 Å². The van der Waals surface area contributed by atoms with Crippen LogP contribution in [0.25, 0.3) is 0 Å². The predicted molar refractivity (Wildman–Crippen MR) is 136 cm³/mol.